The normalized spacial score (nSPS) is 13.9. The van der Waals surface area contributed by atoms with Crippen molar-refractivity contribution in [1.29, 1.82) is 0 Å². The van der Waals surface area contributed by atoms with Crippen molar-refractivity contribution in [3.63, 3.8) is 0 Å². The van der Waals surface area contributed by atoms with Crippen LogP contribution in [0.1, 0.15) is 181 Å². The second-order valence-electron chi connectivity index (χ2n) is 19.8. The Labute approximate surface area is 281 Å². The van der Waals surface area contributed by atoms with Crippen LogP contribution in [0.2, 0.25) is 0 Å². The third-order valence-electron chi connectivity index (χ3n) is 9.31. The van der Waals surface area contributed by atoms with Crippen LogP contribution in [0.25, 0.3) is 0 Å². The van der Waals surface area contributed by atoms with E-state index in [1.54, 1.807) is 0 Å². The van der Waals surface area contributed by atoms with Crippen molar-refractivity contribution in [2.24, 2.45) is 0 Å². The Morgan fingerprint density at radius 1 is 0.326 bits per heavy atom. The molecule has 0 saturated carbocycles. The lowest BCUT2D eigenvalue weighted by Gasteiger charge is -2.40. The predicted molar refractivity (Wildman–Crippen MR) is 191 cm³/mol. The van der Waals surface area contributed by atoms with E-state index in [0.717, 1.165) is 16.7 Å². The van der Waals surface area contributed by atoms with Crippen molar-refractivity contribution in [1.82, 2.24) is 0 Å². The van der Waals surface area contributed by atoms with E-state index in [9.17, 15) is 15.3 Å². The summed E-state index contributed by atoms with van der Waals surface area (Å²) >= 11 is 0. The summed E-state index contributed by atoms with van der Waals surface area (Å²) in [6.45, 7) is 37.8. The molecule has 0 amide bonds. The molecule has 0 saturated heterocycles. The molecule has 3 aromatic carbocycles. The largest absolute Gasteiger partial charge is 0.872 e. The van der Waals surface area contributed by atoms with Crippen molar-refractivity contribution in [3.05, 3.63) is 86.5 Å². The van der Waals surface area contributed by atoms with Crippen molar-refractivity contribution >= 4 is 0 Å². The first kappa shape index (κ1) is 37.5. The van der Waals surface area contributed by atoms with E-state index in [1.807, 2.05) is 36.4 Å². The third kappa shape index (κ3) is 7.61. The highest BCUT2D eigenvalue weighted by Crippen LogP contribution is 2.51. The molecule has 0 aliphatic heterocycles. The zero-order chi connectivity index (χ0) is 35.7. The number of rotatable bonds is 3. The van der Waals surface area contributed by atoms with Gasteiger partial charge in [0.2, 0.25) is 0 Å². The van der Waals surface area contributed by atoms with E-state index in [-0.39, 0.29) is 33.5 Å². The van der Waals surface area contributed by atoms with E-state index < -0.39 is 22.2 Å². The van der Waals surface area contributed by atoms with E-state index >= 15 is 0 Å². The minimum atomic E-state index is -0.831. The van der Waals surface area contributed by atoms with E-state index in [2.05, 4.69) is 125 Å². The van der Waals surface area contributed by atoms with Crippen molar-refractivity contribution in [2.45, 2.75) is 163 Å². The van der Waals surface area contributed by atoms with Gasteiger partial charge in [-0.1, -0.05) is 161 Å². The maximum Gasteiger partial charge on any atom is 0.0322 e. The Morgan fingerprint density at radius 2 is 0.522 bits per heavy atom. The zero-order valence-corrected chi connectivity index (χ0v) is 32.3. The number of hydrogen-bond acceptors (Lipinski definition) is 3. The maximum atomic E-state index is 14.8. The van der Waals surface area contributed by atoms with Crippen molar-refractivity contribution < 1.29 is 15.3 Å². The third-order valence-corrected chi connectivity index (χ3v) is 9.31. The molecule has 3 heteroatoms. The minimum Gasteiger partial charge on any atom is -0.872 e. The summed E-state index contributed by atoms with van der Waals surface area (Å²) in [6.07, 6.45) is 0. The second-order valence-corrected chi connectivity index (χ2v) is 19.8. The summed E-state index contributed by atoms with van der Waals surface area (Å²) in [6, 6.07) is 12.1. The van der Waals surface area contributed by atoms with Gasteiger partial charge >= 0.3 is 0 Å². The molecular weight excluding hydrogens is 564 g/mol. The average Bonchev–Trinajstić information content (AvgIpc) is 2.82. The Balaban J connectivity index is 2.78. The van der Waals surface area contributed by atoms with E-state index in [0.29, 0.717) is 33.4 Å². The molecule has 0 fully saturated rings. The Hall–Kier alpha value is -2.94. The van der Waals surface area contributed by atoms with Gasteiger partial charge in [-0.2, -0.15) is 0 Å². The SMILES string of the molecule is CC(C)(C)c1cc(C(c2cc(C(C)(C)C)cc(C(C)(C)C)c2[O-])c2cc(C(C)(C)C)cc(C(C)(C)C)c2[O-])c([O-])c(C(C)(C)C)c1. The van der Waals surface area contributed by atoms with Crippen LogP contribution in [0.15, 0.2) is 36.4 Å². The molecule has 0 bridgehead atoms. The standard InChI is InChI=1S/C43H64O3/c1-38(2,3)25-19-28(35(44)31(22-25)41(10,11)12)34(29-20-26(39(4,5)6)23-32(36(29)45)42(13,14)15)30-21-27(40(7,8)9)24-33(37(30)46)43(16,17)18/h19-24,34,44-46H,1-18H3/p-3. The highest BCUT2D eigenvalue weighted by molar-refractivity contribution is 5.64. The van der Waals surface area contributed by atoms with Gasteiger partial charge in [-0.25, -0.2) is 0 Å². The number of benzene rings is 3. The van der Waals surface area contributed by atoms with Crippen LogP contribution >= 0.6 is 0 Å². The average molecular weight is 626 g/mol. The van der Waals surface area contributed by atoms with Gasteiger partial charge in [-0.05, 0) is 82.6 Å². The van der Waals surface area contributed by atoms with Crippen LogP contribution in [0.5, 0.6) is 17.2 Å². The molecule has 254 valence electrons. The first-order chi connectivity index (χ1) is 20.4. The summed E-state index contributed by atoms with van der Waals surface area (Å²) in [7, 11) is 0. The fourth-order valence-corrected chi connectivity index (χ4v) is 6.07. The van der Waals surface area contributed by atoms with Crippen LogP contribution in [-0.2, 0) is 32.5 Å². The number of hydrogen-bond donors (Lipinski definition) is 0. The van der Waals surface area contributed by atoms with Crippen LogP contribution in [0, 0.1) is 0 Å². The van der Waals surface area contributed by atoms with Crippen LogP contribution in [0.4, 0.5) is 0 Å². The monoisotopic (exact) mass is 625 g/mol. The fourth-order valence-electron chi connectivity index (χ4n) is 6.07. The van der Waals surface area contributed by atoms with Gasteiger partial charge in [0, 0.05) is 5.92 Å². The van der Waals surface area contributed by atoms with Crippen LogP contribution in [-0.4, -0.2) is 0 Å². The highest BCUT2D eigenvalue weighted by atomic mass is 16.3. The molecule has 0 unspecified atom stereocenters. The summed E-state index contributed by atoms with van der Waals surface area (Å²) in [4.78, 5) is 0. The molecular formula is C43H61O3-3. The molecule has 0 aliphatic rings. The summed E-state index contributed by atoms with van der Waals surface area (Å²) < 4.78 is 0. The van der Waals surface area contributed by atoms with E-state index in [4.69, 9.17) is 0 Å². The summed E-state index contributed by atoms with van der Waals surface area (Å²) in [5, 5.41) is 44.5. The molecule has 0 aliphatic carbocycles. The molecule has 0 N–H and O–H groups in total. The fraction of sp³-hybridized carbons (Fsp3) is 0.581. The van der Waals surface area contributed by atoms with E-state index in [1.165, 1.54) is 0 Å². The lowest BCUT2D eigenvalue weighted by Crippen LogP contribution is -2.25. The molecule has 3 aromatic rings. The highest BCUT2D eigenvalue weighted by Gasteiger charge is 2.32. The zero-order valence-electron chi connectivity index (χ0n) is 32.3. The first-order valence-corrected chi connectivity index (χ1v) is 16.9. The predicted octanol–water partition coefficient (Wildman–Crippen LogP) is 9.87. The van der Waals surface area contributed by atoms with Crippen LogP contribution < -0.4 is 15.3 Å². The van der Waals surface area contributed by atoms with Gasteiger partial charge in [0.05, 0.1) is 0 Å². The molecule has 46 heavy (non-hydrogen) atoms. The van der Waals surface area contributed by atoms with Gasteiger partial charge in [0.15, 0.2) is 0 Å². The van der Waals surface area contributed by atoms with Gasteiger partial charge in [0.25, 0.3) is 0 Å². The minimum absolute atomic E-state index is 0.0961. The van der Waals surface area contributed by atoms with Crippen molar-refractivity contribution in [3.8, 4) is 17.2 Å². The molecule has 0 radical (unpaired) electrons. The topological polar surface area (TPSA) is 69.2 Å². The van der Waals surface area contributed by atoms with Gasteiger partial charge < -0.3 is 15.3 Å². The second kappa shape index (κ2) is 11.6. The van der Waals surface area contributed by atoms with Gasteiger partial charge in [0.1, 0.15) is 0 Å². The first-order valence-electron chi connectivity index (χ1n) is 16.9. The summed E-state index contributed by atoms with van der Waals surface area (Å²) in [5.74, 6) is -1.12. The molecule has 0 spiro atoms. The smallest absolute Gasteiger partial charge is 0.0322 e. The lowest BCUT2D eigenvalue weighted by molar-refractivity contribution is -0.273. The Morgan fingerprint density at radius 3 is 0.674 bits per heavy atom. The van der Waals surface area contributed by atoms with Crippen molar-refractivity contribution in [2.75, 3.05) is 0 Å². The van der Waals surface area contributed by atoms with Gasteiger partial charge in [-0.3, -0.25) is 0 Å². The lowest BCUT2D eigenvalue weighted by atomic mass is 9.70. The van der Waals surface area contributed by atoms with Gasteiger partial charge in [-0.15, -0.1) is 17.2 Å². The van der Waals surface area contributed by atoms with Crippen LogP contribution in [0.3, 0.4) is 0 Å². The maximum absolute atomic E-state index is 14.8. The molecule has 0 atom stereocenters. The Bertz CT molecular complexity index is 1400. The molecule has 3 rings (SSSR count). The molecule has 0 aromatic heterocycles. The summed E-state index contributed by atoms with van der Waals surface area (Å²) in [5.41, 5.74) is 4.56. The quantitative estimate of drug-likeness (QED) is 0.272. The Kier molecular flexibility index (Phi) is 9.49. The molecule has 0 heterocycles. The molecule has 3 nitrogen and oxygen atoms in total.